The predicted octanol–water partition coefficient (Wildman–Crippen LogP) is 2.87. The molecular weight excluding hydrogens is 380 g/mol. The summed E-state index contributed by atoms with van der Waals surface area (Å²) in [4.78, 5) is 2.49. The van der Waals surface area contributed by atoms with Gasteiger partial charge >= 0.3 is 0 Å². The second-order valence-electron chi connectivity index (χ2n) is 8.11. The first kappa shape index (κ1) is 19.2. The lowest BCUT2D eigenvalue weighted by molar-refractivity contribution is 0.154. The Labute approximate surface area is 175 Å². The van der Waals surface area contributed by atoms with E-state index in [2.05, 4.69) is 15.5 Å². The predicted molar refractivity (Wildman–Crippen MR) is 114 cm³/mol. The van der Waals surface area contributed by atoms with Crippen molar-refractivity contribution in [2.75, 3.05) is 26.4 Å². The van der Waals surface area contributed by atoms with Gasteiger partial charge in [0, 0.05) is 13.1 Å². The van der Waals surface area contributed by atoms with Crippen molar-refractivity contribution in [3.8, 4) is 11.5 Å². The molecule has 2 N–H and O–H groups in total. The fourth-order valence-electron chi connectivity index (χ4n) is 4.53. The number of hydrogen-bond acceptors (Lipinski definition) is 5. The van der Waals surface area contributed by atoms with E-state index in [0.29, 0.717) is 23.7 Å². The van der Waals surface area contributed by atoms with Crippen molar-refractivity contribution < 1.29 is 14.6 Å². The number of imidazole rings is 1. The summed E-state index contributed by atoms with van der Waals surface area (Å²) in [5, 5.41) is 19.7. The van der Waals surface area contributed by atoms with Crippen molar-refractivity contribution in [3.63, 3.8) is 0 Å². The number of likely N-dealkylation sites (tertiary alicyclic amines) is 1. The number of piperidine rings is 1. The molecule has 1 aromatic heterocycles. The van der Waals surface area contributed by atoms with E-state index in [1.165, 1.54) is 19.3 Å². The first-order chi connectivity index (χ1) is 14.7. The second kappa shape index (κ2) is 8.16. The Morgan fingerprint density at radius 3 is 2.43 bits per heavy atom. The van der Waals surface area contributed by atoms with Crippen LogP contribution >= 0.6 is 0 Å². The molecule has 3 aromatic rings. The number of rotatable bonds is 6. The first-order valence-corrected chi connectivity index (χ1v) is 10.7. The Bertz CT molecular complexity index is 1100. The van der Waals surface area contributed by atoms with Crippen molar-refractivity contribution in [1.29, 1.82) is 5.41 Å². The van der Waals surface area contributed by atoms with Crippen LogP contribution in [0.1, 0.15) is 30.9 Å². The molecule has 0 spiro atoms. The summed E-state index contributed by atoms with van der Waals surface area (Å²) in [7, 11) is 0. The van der Waals surface area contributed by atoms with Gasteiger partial charge in [-0.1, -0.05) is 24.6 Å². The maximum atomic E-state index is 10.9. The molecule has 1 unspecified atom stereocenters. The highest BCUT2D eigenvalue weighted by atomic mass is 16.7. The minimum Gasteiger partial charge on any atom is -0.454 e. The highest BCUT2D eigenvalue weighted by Crippen LogP contribution is 2.34. The van der Waals surface area contributed by atoms with E-state index in [-0.39, 0.29) is 6.79 Å². The molecule has 2 aliphatic rings. The van der Waals surface area contributed by atoms with E-state index >= 15 is 0 Å². The number of hydrogen-bond donors (Lipinski definition) is 2. The van der Waals surface area contributed by atoms with Crippen molar-refractivity contribution >= 4 is 11.0 Å². The van der Waals surface area contributed by atoms with Crippen LogP contribution in [0.15, 0.2) is 42.5 Å². The SMILES string of the molecule is N=c1n(CCN2CCCCC2)c2ccccc2n1CC(O)c1ccc2c(c1)OCO2. The number of para-hydroxylation sites is 2. The van der Waals surface area contributed by atoms with Gasteiger partial charge in [-0.05, 0) is 55.8 Å². The number of nitrogens with one attached hydrogen (secondary N) is 1. The van der Waals surface area contributed by atoms with Gasteiger partial charge in [0.05, 0.1) is 23.7 Å². The van der Waals surface area contributed by atoms with Crippen molar-refractivity contribution in [1.82, 2.24) is 14.0 Å². The van der Waals surface area contributed by atoms with Gasteiger partial charge in [-0.15, -0.1) is 0 Å². The zero-order valence-corrected chi connectivity index (χ0v) is 17.1. The van der Waals surface area contributed by atoms with Gasteiger partial charge in [0.2, 0.25) is 12.4 Å². The van der Waals surface area contributed by atoms with Crippen molar-refractivity contribution in [2.45, 2.75) is 38.5 Å². The number of nitrogens with zero attached hydrogens (tertiary/aromatic N) is 3. The molecule has 30 heavy (non-hydrogen) atoms. The minimum atomic E-state index is -0.741. The van der Waals surface area contributed by atoms with Gasteiger partial charge in [0.25, 0.3) is 0 Å². The highest BCUT2D eigenvalue weighted by molar-refractivity contribution is 5.75. The van der Waals surface area contributed by atoms with Crippen LogP contribution in [0.25, 0.3) is 11.0 Å². The second-order valence-corrected chi connectivity index (χ2v) is 8.11. The van der Waals surface area contributed by atoms with E-state index in [4.69, 9.17) is 14.9 Å². The minimum absolute atomic E-state index is 0.213. The normalized spacial score (nSPS) is 17.5. The van der Waals surface area contributed by atoms with Gasteiger partial charge in [0.15, 0.2) is 11.5 Å². The Balaban J connectivity index is 1.41. The zero-order chi connectivity index (χ0) is 20.5. The largest absolute Gasteiger partial charge is 0.454 e. The molecule has 0 bridgehead atoms. The van der Waals surface area contributed by atoms with E-state index in [9.17, 15) is 5.11 Å². The summed E-state index contributed by atoms with van der Waals surface area (Å²) in [5.41, 5.74) is 3.20. The first-order valence-electron chi connectivity index (χ1n) is 10.7. The molecule has 1 atom stereocenters. The molecule has 5 rings (SSSR count). The van der Waals surface area contributed by atoms with Crippen molar-refractivity contribution in [3.05, 3.63) is 53.6 Å². The van der Waals surface area contributed by atoms with E-state index < -0.39 is 6.10 Å². The zero-order valence-electron chi connectivity index (χ0n) is 17.1. The fraction of sp³-hybridized carbons (Fsp3) is 0.435. The molecule has 7 nitrogen and oxygen atoms in total. The quantitative estimate of drug-likeness (QED) is 0.658. The molecule has 1 saturated heterocycles. The van der Waals surface area contributed by atoms with Crippen LogP contribution in [0.4, 0.5) is 0 Å². The molecule has 7 heteroatoms. The molecule has 0 saturated carbocycles. The summed E-state index contributed by atoms with van der Waals surface area (Å²) in [6.07, 6.45) is 3.11. The fourth-order valence-corrected chi connectivity index (χ4v) is 4.53. The lowest BCUT2D eigenvalue weighted by atomic mass is 10.1. The van der Waals surface area contributed by atoms with Gasteiger partial charge in [-0.3, -0.25) is 5.41 Å². The molecular formula is C23H28N4O3. The van der Waals surface area contributed by atoms with Gasteiger partial charge in [-0.2, -0.15) is 0 Å². The lowest BCUT2D eigenvalue weighted by Gasteiger charge is -2.26. The molecule has 158 valence electrons. The van der Waals surface area contributed by atoms with Gasteiger partial charge in [-0.25, -0.2) is 0 Å². The molecule has 3 heterocycles. The third-order valence-electron chi connectivity index (χ3n) is 6.20. The topological polar surface area (TPSA) is 75.6 Å². The number of aromatic nitrogens is 2. The molecule has 1 fully saturated rings. The average molecular weight is 409 g/mol. The van der Waals surface area contributed by atoms with E-state index in [1.54, 1.807) is 0 Å². The third kappa shape index (κ3) is 3.59. The number of benzene rings is 2. The van der Waals surface area contributed by atoms with Gasteiger partial charge < -0.3 is 28.6 Å². The number of aliphatic hydroxyl groups excluding tert-OH is 1. The summed E-state index contributed by atoms with van der Waals surface area (Å²) in [5.74, 6) is 1.36. The van der Waals surface area contributed by atoms with Crippen LogP contribution in [-0.4, -0.2) is 45.6 Å². The molecule has 2 aromatic carbocycles. The Kier molecular flexibility index (Phi) is 5.23. The van der Waals surface area contributed by atoms with Crippen LogP contribution in [0.3, 0.4) is 0 Å². The Hall–Kier alpha value is -2.77. The maximum absolute atomic E-state index is 10.9. The van der Waals surface area contributed by atoms with Crippen LogP contribution in [-0.2, 0) is 13.1 Å². The van der Waals surface area contributed by atoms with Crippen LogP contribution < -0.4 is 15.1 Å². The van der Waals surface area contributed by atoms with E-state index in [1.807, 2.05) is 41.0 Å². The molecule has 0 amide bonds. The van der Waals surface area contributed by atoms with Crippen LogP contribution in [0.2, 0.25) is 0 Å². The summed E-state index contributed by atoms with van der Waals surface area (Å²) in [6.45, 7) is 4.56. The van der Waals surface area contributed by atoms with Crippen LogP contribution in [0, 0.1) is 5.41 Å². The maximum Gasteiger partial charge on any atom is 0.231 e. The summed E-state index contributed by atoms with van der Waals surface area (Å²) < 4.78 is 14.8. The average Bonchev–Trinajstić information content (AvgIpc) is 3.35. The lowest BCUT2D eigenvalue weighted by Crippen LogP contribution is -2.35. The Morgan fingerprint density at radius 1 is 0.900 bits per heavy atom. The Morgan fingerprint density at radius 2 is 1.63 bits per heavy atom. The molecule has 2 aliphatic heterocycles. The number of fused-ring (bicyclic) bond motifs is 2. The monoisotopic (exact) mass is 408 g/mol. The number of aliphatic hydroxyl groups is 1. The highest BCUT2D eigenvalue weighted by Gasteiger charge is 2.19. The molecule has 0 radical (unpaired) electrons. The van der Waals surface area contributed by atoms with Gasteiger partial charge in [0.1, 0.15) is 0 Å². The summed E-state index contributed by atoms with van der Waals surface area (Å²) in [6, 6.07) is 13.6. The smallest absolute Gasteiger partial charge is 0.231 e. The van der Waals surface area contributed by atoms with Crippen molar-refractivity contribution in [2.24, 2.45) is 0 Å². The standard InChI is InChI=1S/C23H28N4O3/c24-23-26(13-12-25-10-4-1-5-11-25)18-6-2-3-7-19(18)27(23)15-20(28)17-8-9-21-22(14-17)30-16-29-21/h2-3,6-9,14,20,24,28H,1,4-5,10-13,15-16H2. The van der Waals surface area contributed by atoms with E-state index in [0.717, 1.165) is 42.8 Å². The third-order valence-corrected chi connectivity index (χ3v) is 6.20. The number of ether oxygens (including phenoxy) is 2. The summed E-state index contributed by atoms with van der Waals surface area (Å²) >= 11 is 0. The van der Waals surface area contributed by atoms with Crippen LogP contribution in [0.5, 0.6) is 11.5 Å². The molecule has 0 aliphatic carbocycles.